The first-order chi connectivity index (χ1) is 12.0. The first-order valence-electron chi connectivity index (χ1n) is 9.00. The number of hydrogen-bond acceptors (Lipinski definition) is 3. The SMILES string of the molecule is CCO[C@H]1C[C@H](N(C)C(=O)Nc2ccc(F)cc2OC)C12CCCC2. The van der Waals surface area contributed by atoms with Gasteiger partial charge in [-0.25, -0.2) is 9.18 Å². The number of urea groups is 1. The zero-order valence-electron chi connectivity index (χ0n) is 15.2. The van der Waals surface area contributed by atoms with E-state index in [-0.39, 0.29) is 23.6 Å². The molecule has 2 amide bonds. The van der Waals surface area contributed by atoms with Crippen molar-refractivity contribution in [2.24, 2.45) is 5.41 Å². The highest BCUT2D eigenvalue weighted by Gasteiger charge is 2.58. The van der Waals surface area contributed by atoms with E-state index in [0.717, 1.165) is 19.3 Å². The van der Waals surface area contributed by atoms with Crippen LogP contribution in [0, 0.1) is 11.2 Å². The molecule has 3 rings (SSSR count). The number of amides is 2. The van der Waals surface area contributed by atoms with Gasteiger partial charge in [-0.2, -0.15) is 0 Å². The molecule has 0 bridgehead atoms. The highest BCUT2D eigenvalue weighted by Crippen LogP contribution is 2.56. The van der Waals surface area contributed by atoms with Gasteiger partial charge in [0.2, 0.25) is 0 Å². The average molecular weight is 350 g/mol. The van der Waals surface area contributed by atoms with Gasteiger partial charge >= 0.3 is 6.03 Å². The lowest BCUT2D eigenvalue weighted by atomic mass is 9.60. The molecule has 0 saturated heterocycles. The van der Waals surface area contributed by atoms with Gasteiger partial charge in [0.05, 0.1) is 18.9 Å². The first kappa shape index (κ1) is 18.0. The van der Waals surface area contributed by atoms with Crippen molar-refractivity contribution in [3.8, 4) is 5.75 Å². The maximum Gasteiger partial charge on any atom is 0.321 e. The Bertz CT molecular complexity index is 631. The predicted octanol–water partition coefficient (Wildman–Crippen LogP) is 4.04. The summed E-state index contributed by atoms with van der Waals surface area (Å²) in [6.07, 6.45) is 5.74. The Labute approximate surface area is 148 Å². The van der Waals surface area contributed by atoms with Gasteiger partial charge in [-0.1, -0.05) is 12.8 Å². The summed E-state index contributed by atoms with van der Waals surface area (Å²) >= 11 is 0. The van der Waals surface area contributed by atoms with Crippen molar-refractivity contribution >= 4 is 11.7 Å². The number of halogens is 1. The minimum atomic E-state index is -0.397. The third-order valence-electron chi connectivity index (χ3n) is 5.84. The number of carbonyl (C=O) groups excluding carboxylic acids is 1. The topological polar surface area (TPSA) is 50.8 Å². The molecule has 2 atom stereocenters. The summed E-state index contributed by atoms with van der Waals surface area (Å²) in [7, 11) is 3.29. The van der Waals surface area contributed by atoms with Crippen LogP contribution in [0.3, 0.4) is 0 Å². The lowest BCUT2D eigenvalue weighted by Crippen LogP contribution is -2.64. The van der Waals surface area contributed by atoms with Crippen LogP contribution in [0.4, 0.5) is 14.9 Å². The van der Waals surface area contributed by atoms with Gasteiger partial charge in [0, 0.05) is 31.2 Å². The van der Waals surface area contributed by atoms with E-state index < -0.39 is 5.82 Å². The van der Waals surface area contributed by atoms with E-state index in [2.05, 4.69) is 5.32 Å². The van der Waals surface area contributed by atoms with Gasteiger partial charge in [0.1, 0.15) is 11.6 Å². The van der Waals surface area contributed by atoms with Gasteiger partial charge in [-0.3, -0.25) is 0 Å². The van der Waals surface area contributed by atoms with E-state index in [1.807, 2.05) is 14.0 Å². The summed E-state index contributed by atoms with van der Waals surface area (Å²) in [5, 5.41) is 2.85. The largest absolute Gasteiger partial charge is 0.494 e. The Hall–Kier alpha value is -1.82. The number of hydrogen-bond donors (Lipinski definition) is 1. The van der Waals surface area contributed by atoms with E-state index in [1.165, 1.54) is 38.2 Å². The number of ether oxygens (including phenoxy) is 2. The number of rotatable bonds is 5. The van der Waals surface area contributed by atoms with Crippen LogP contribution in [0.15, 0.2) is 18.2 Å². The molecule has 0 heterocycles. The highest BCUT2D eigenvalue weighted by molar-refractivity contribution is 5.91. The van der Waals surface area contributed by atoms with Crippen LogP contribution < -0.4 is 10.1 Å². The van der Waals surface area contributed by atoms with Crippen LogP contribution in [-0.2, 0) is 4.74 Å². The van der Waals surface area contributed by atoms with E-state index in [0.29, 0.717) is 18.0 Å². The fourth-order valence-corrected chi connectivity index (χ4v) is 4.51. The van der Waals surface area contributed by atoms with Crippen LogP contribution in [0.1, 0.15) is 39.0 Å². The van der Waals surface area contributed by atoms with Crippen LogP contribution >= 0.6 is 0 Å². The third kappa shape index (κ3) is 3.19. The lowest BCUT2D eigenvalue weighted by Gasteiger charge is -2.56. The Morgan fingerprint density at radius 3 is 2.76 bits per heavy atom. The monoisotopic (exact) mass is 350 g/mol. The molecule has 2 fully saturated rings. The van der Waals surface area contributed by atoms with Crippen molar-refractivity contribution in [2.75, 3.05) is 26.1 Å². The fourth-order valence-electron chi connectivity index (χ4n) is 4.51. The molecule has 25 heavy (non-hydrogen) atoms. The smallest absolute Gasteiger partial charge is 0.321 e. The number of benzene rings is 1. The van der Waals surface area contributed by atoms with E-state index >= 15 is 0 Å². The Morgan fingerprint density at radius 1 is 1.40 bits per heavy atom. The molecular formula is C19H27FN2O3. The lowest BCUT2D eigenvalue weighted by molar-refractivity contribution is -0.150. The molecule has 1 aromatic rings. The molecule has 138 valence electrons. The van der Waals surface area contributed by atoms with E-state index in [4.69, 9.17) is 9.47 Å². The number of carbonyl (C=O) groups is 1. The van der Waals surface area contributed by atoms with Crippen LogP contribution in [0.2, 0.25) is 0 Å². The minimum Gasteiger partial charge on any atom is -0.494 e. The quantitative estimate of drug-likeness (QED) is 0.872. The third-order valence-corrected chi connectivity index (χ3v) is 5.84. The fraction of sp³-hybridized carbons (Fsp3) is 0.632. The molecule has 2 saturated carbocycles. The molecule has 6 heteroatoms. The van der Waals surface area contributed by atoms with Crippen molar-refractivity contribution in [1.29, 1.82) is 0 Å². The molecule has 2 aliphatic carbocycles. The second-order valence-corrected chi connectivity index (χ2v) is 7.02. The molecule has 1 spiro atoms. The molecule has 5 nitrogen and oxygen atoms in total. The van der Waals surface area contributed by atoms with Crippen LogP contribution in [-0.4, -0.2) is 43.8 Å². The van der Waals surface area contributed by atoms with Crippen molar-refractivity contribution in [3.63, 3.8) is 0 Å². The zero-order chi connectivity index (χ0) is 18.0. The van der Waals surface area contributed by atoms with Crippen LogP contribution in [0.25, 0.3) is 0 Å². The van der Waals surface area contributed by atoms with Gasteiger partial charge in [0.15, 0.2) is 0 Å². The molecule has 0 aliphatic heterocycles. The van der Waals surface area contributed by atoms with Gasteiger partial charge in [-0.15, -0.1) is 0 Å². The zero-order valence-corrected chi connectivity index (χ0v) is 15.2. The summed E-state index contributed by atoms with van der Waals surface area (Å²) in [5.74, 6) is -0.0789. The summed E-state index contributed by atoms with van der Waals surface area (Å²) in [5.41, 5.74) is 0.566. The Balaban J connectivity index is 1.71. The van der Waals surface area contributed by atoms with E-state index in [9.17, 15) is 9.18 Å². The van der Waals surface area contributed by atoms with Crippen molar-refractivity contribution < 1.29 is 18.7 Å². The number of anilines is 1. The molecule has 0 radical (unpaired) electrons. The number of methoxy groups -OCH3 is 1. The Morgan fingerprint density at radius 2 is 2.12 bits per heavy atom. The molecule has 0 unspecified atom stereocenters. The Kier molecular flexibility index (Phi) is 5.18. The van der Waals surface area contributed by atoms with Crippen molar-refractivity contribution in [3.05, 3.63) is 24.0 Å². The molecular weight excluding hydrogens is 323 g/mol. The summed E-state index contributed by atoms with van der Waals surface area (Å²) in [4.78, 5) is 14.5. The normalized spacial score (nSPS) is 24.0. The summed E-state index contributed by atoms with van der Waals surface area (Å²) in [6.45, 7) is 2.73. The molecule has 1 N–H and O–H groups in total. The maximum absolute atomic E-state index is 13.3. The average Bonchev–Trinajstić information content (AvgIpc) is 3.12. The first-order valence-corrected chi connectivity index (χ1v) is 9.00. The predicted molar refractivity (Wildman–Crippen MR) is 94.5 cm³/mol. The second-order valence-electron chi connectivity index (χ2n) is 7.02. The minimum absolute atomic E-state index is 0.0922. The van der Waals surface area contributed by atoms with Crippen molar-refractivity contribution in [1.82, 2.24) is 4.90 Å². The molecule has 1 aromatic carbocycles. The van der Waals surface area contributed by atoms with E-state index in [1.54, 1.807) is 4.90 Å². The highest BCUT2D eigenvalue weighted by atomic mass is 19.1. The van der Waals surface area contributed by atoms with Gasteiger partial charge < -0.3 is 19.7 Å². The van der Waals surface area contributed by atoms with Gasteiger partial charge in [0.25, 0.3) is 0 Å². The van der Waals surface area contributed by atoms with Crippen molar-refractivity contribution in [2.45, 2.75) is 51.2 Å². The number of nitrogens with zero attached hydrogens (tertiary/aromatic N) is 1. The summed E-state index contributed by atoms with van der Waals surface area (Å²) in [6, 6.07) is 4.08. The molecule has 0 aromatic heterocycles. The van der Waals surface area contributed by atoms with Crippen LogP contribution in [0.5, 0.6) is 5.75 Å². The standard InChI is InChI=1S/C19H27FN2O3/c1-4-25-17-12-16(19(17)9-5-6-10-19)22(2)18(23)21-14-8-7-13(20)11-15(14)24-3/h7-8,11,16-17H,4-6,9-10,12H2,1-3H3,(H,21,23)/t16-,17-/m0/s1. The summed E-state index contributed by atoms with van der Waals surface area (Å²) < 4.78 is 24.4. The number of nitrogens with one attached hydrogen (secondary N) is 1. The second kappa shape index (κ2) is 7.20. The van der Waals surface area contributed by atoms with Gasteiger partial charge in [-0.05, 0) is 38.3 Å². The molecule has 2 aliphatic rings. The maximum atomic E-state index is 13.3.